The van der Waals surface area contributed by atoms with Crippen LogP contribution in [0.1, 0.15) is 42.2 Å². The van der Waals surface area contributed by atoms with E-state index in [1.54, 1.807) is 6.20 Å². The van der Waals surface area contributed by atoms with Crippen LogP contribution in [-0.2, 0) is 16.0 Å². The Bertz CT molecular complexity index is 676. The Morgan fingerprint density at radius 3 is 3.00 bits per heavy atom. The van der Waals surface area contributed by atoms with E-state index >= 15 is 0 Å². The monoisotopic (exact) mass is 363 g/mol. The fourth-order valence-electron chi connectivity index (χ4n) is 4.94. The number of nitrogens with zero attached hydrogens (tertiary/aromatic N) is 3. The number of aliphatic hydroxyl groups is 1. The molecule has 4 atom stereocenters. The Kier molecular flexibility index (Phi) is 4.79. The number of likely N-dealkylation sites (tertiary alicyclic amines) is 1. The van der Waals surface area contributed by atoms with Crippen LogP contribution >= 0.6 is 0 Å². The van der Waals surface area contributed by atoms with Gasteiger partial charge < -0.3 is 19.5 Å². The minimum atomic E-state index is -0.790. The van der Waals surface area contributed by atoms with E-state index in [-0.39, 0.29) is 23.8 Å². The number of hydrogen-bond donors (Lipinski definition) is 1. The summed E-state index contributed by atoms with van der Waals surface area (Å²) in [6.45, 7) is 7.63. The molecule has 1 amide bonds. The third-order valence-electron chi connectivity index (χ3n) is 6.48. The molecular weight excluding hydrogens is 334 g/mol. The van der Waals surface area contributed by atoms with Crippen molar-refractivity contribution >= 4 is 5.91 Å². The summed E-state index contributed by atoms with van der Waals surface area (Å²) >= 11 is 0. The highest BCUT2D eigenvalue weighted by Gasteiger charge is 2.56. The number of carbonyl (C=O) groups is 1. The van der Waals surface area contributed by atoms with Crippen molar-refractivity contribution in [1.82, 2.24) is 14.7 Å². The third kappa shape index (κ3) is 2.77. The summed E-state index contributed by atoms with van der Waals surface area (Å²) in [4.78, 5) is 15.3. The molecule has 0 unspecified atom stereocenters. The van der Waals surface area contributed by atoms with Crippen LogP contribution in [0.25, 0.3) is 0 Å². The first-order valence-electron chi connectivity index (χ1n) is 9.77. The maximum atomic E-state index is 13.4. The van der Waals surface area contributed by atoms with Crippen molar-refractivity contribution in [2.75, 3.05) is 33.0 Å². The maximum Gasteiger partial charge on any atom is 0.257 e. The lowest BCUT2D eigenvalue weighted by Crippen LogP contribution is -2.68. The second-order valence-corrected chi connectivity index (χ2v) is 7.87. The number of ether oxygens (including phenoxy) is 2. The molecule has 3 aliphatic rings. The molecule has 0 aliphatic carbocycles. The highest BCUT2D eigenvalue weighted by Crippen LogP contribution is 2.44. The largest absolute Gasteiger partial charge is 0.389 e. The summed E-state index contributed by atoms with van der Waals surface area (Å²) in [5, 5.41) is 15.8. The number of hydrogen-bond acceptors (Lipinski definition) is 5. The molecule has 1 aromatic heterocycles. The average Bonchev–Trinajstić information content (AvgIpc) is 3.01. The van der Waals surface area contributed by atoms with Gasteiger partial charge in [-0.2, -0.15) is 5.10 Å². The fraction of sp³-hybridized carbons (Fsp3) is 0.789. The molecule has 1 aromatic rings. The van der Waals surface area contributed by atoms with E-state index in [0.717, 1.165) is 25.1 Å². The average molecular weight is 363 g/mol. The summed E-state index contributed by atoms with van der Waals surface area (Å²) in [6, 6.07) is 0.0181. The van der Waals surface area contributed by atoms with Gasteiger partial charge in [0.2, 0.25) is 0 Å². The lowest BCUT2D eigenvalue weighted by atomic mass is 9.66. The maximum absolute atomic E-state index is 13.4. The summed E-state index contributed by atoms with van der Waals surface area (Å²) in [5.74, 6) is -0.0858. The normalized spacial score (nSPS) is 34.3. The van der Waals surface area contributed by atoms with Crippen LogP contribution in [0.3, 0.4) is 0 Å². The van der Waals surface area contributed by atoms with E-state index in [1.807, 2.05) is 16.5 Å². The van der Waals surface area contributed by atoms with Gasteiger partial charge in [-0.25, -0.2) is 0 Å². The van der Waals surface area contributed by atoms with Crippen molar-refractivity contribution < 1.29 is 19.4 Å². The smallest absolute Gasteiger partial charge is 0.257 e. The van der Waals surface area contributed by atoms with Crippen molar-refractivity contribution in [3.8, 4) is 0 Å². The van der Waals surface area contributed by atoms with Gasteiger partial charge >= 0.3 is 0 Å². The summed E-state index contributed by atoms with van der Waals surface area (Å²) in [7, 11) is 0. The molecule has 7 nitrogen and oxygen atoms in total. The molecule has 3 saturated heterocycles. The Morgan fingerprint density at radius 1 is 1.38 bits per heavy atom. The third-order valence-corrected chi connectivity index (χ3v) is 6.48. The zero-order valence-electron chi connectivity index (χ0n) is 15.7. The molecule has 3 fully saturated rings. The van der Waals surface area contributed by atoms with Gasteiger partial charge in [-0.05, 0) is 19.8 Å². The highest BCUT2D eigenvalue weighted by molar-refractivity contribution is 5.95. The minimum Gasteiger partial charge on any atom is -0.389 e. The van der Waals surface area contributed by atoms with Crippen molar-refractivity contribution in [3.63, 3.8) is 0 Å². The number of amides is 1. The molecule has 3 aliphatic heterocycles. The quantitative estimate of drug-likeness (QED) is 0.874. The minimum absolute atomic E-state index is 0.0181. The molecule has 26 heavy (non-hydrogen) atoms. The van der Waals surface area contributed by atoms with Crippen LogP contribution in [0.15, 0.2) is 6.20 Å². The first kappa shape index (κ1) is 17.9. The van der Waals surface area contributed by atoms with Gasteiger partial charge in [-0.1, -0.05) is 6.92 Å². The standard InChI is InChI=1S/C19H29N3O4/c1-3-6-22-13(2)15(9-20-22)18(23)21-10-14-11-26-8-5-19(14,24)16-12-25-7-4-17(16)21/h9,14,16-17,24H,3-8,10-12H2,1-2H3/t14-,16+,17-,19-/m0/s1. The van der Waals surface area contributed by atoms with Gasteiger partial charge in [-0.15, -0.1) is 0 Å². The van der Waals surface area contributed by atoms with Crippen LogP contribution in [0.5, 0.6) is 0 Å². The second kappa shape index (κ2) is 6.94. The van der Waals surface area contributed by atoms with Gasteiger partial charge in [0.05, 0.1) is 30.6 Å². The van der Waals surface area contributed by atoms with Crippen molar-refractivity contribution in [2.45, 2.75) is 51.3 Å². The number of carbonyl (C=O) groups excluding carboxylic acids is 1. The molecule has 0 spiro atoms. The zero-order valence-corrected chi connectivity index (χ0v) is 15.7. The van der Waals surface area contributed by atoms with E-state index in [0.29, 0.717) is 45.0 Å². The molecule has 144 valence electrons. The lowest BCUT2D eigenvalue weighted by Gasteiger charge is -2.57. The van der Waals surface area contributed by atoms with Crippen molar-refractivity contribution in [3.05, 3.63) is 17.5 Å². The molecule has 0 radical (unpaired) electrons. The number of aryl methyl sites for hydroxylation is 1. The Hall–Kier alpha value is -1.44. The van der Waals surface area contributed by atoms with E-state index in [2.05, 4.69) is 12.0 Å². The number of aromatic nitrogens is 2. The fourth-order valence-corrected chi connectivity index (χ4v) is 4.94. The zero-order chi connectivity index (χ0) is 18.3. The van der Waals surface area contributed by atoms with Gasteiger partial charge in [0.1, 0.15) is 0 Å². The summed E-state index contributed by atoms with van der Waals surface area (Å²) < 4.78 is 13.2. The second-order valence-electron chi connectivity index (χ2n) is 7.87. The van der Waals surface area contributed by atoms with Crippen LogP contribution < -0.4 is 0 Å². The number of fused-ring (bicyclic) bond motifs is 3. The van der Waals surface area contributed by atoms with Gasteiger partial charge in [-0.3, -0.25) is 9.48 Å². The molecule has 1 N–H and O–H groups in total. The van der Waals surface area contributed by atoms with Crippen LogP contribution in [0, 0.1) is 18.8 Å². The van der Waals surface area contributed by atoms with Crippen LogP contribution in [0.4, 0.5) is 0 Å². The van der Waals surface area contributed by atoms with Gasteiger partial charge in [0.15, 0.2) is 0 Å². The first-order chi connectivity index (χ1) is 12.6. The van der Waals surface area contributed by atoms with E-state index < -0.39 is 5.60 Å². The van der Waals surface area contributed by atoms with Crippen molar-refractivity contribution in [1.29, 1.82) is 0 Å². The lowest BCUT2D eigenvalue weighted by molar-refractivity contribution is -0.212. The summed E-state index contributed by atoms with van der Waals surface area (Å²) in [6.07, 6.45) is 4.07. The predicted octanol–water partition coefficient (Wildman–Crippen LogP) is 1.23. The molecule has 4 rings (SSSR count). The SMILES string of the molecule is CCCn1ncc(C(=O)N2C[C@H]3COCC[C@@]3(O)[C@@H]3COCC[C@@H]32)c1C. The number of piperidine rings is 1. The Balaban J connectivity index is 1.64. The Labute approximate surface area is 154 Å². The van der Waals surface area contributed by atoms with Crippen LogP contribution in [-0.4, -0.2) is 70.3 Å². The molecule has 7 heteroatoms. The highest BCUT2D eigenvalue weighted by atomic mass is 16.5. The molecule has 0 saturated carbocycles. The number of rotatable bonds is 3. The van der Waals surface area contributed by atoms with E-state index in [1.165, 1.54) is 0 Å². The molecular formula is C19H29N3O4. The van der Waals surface area contributed by atoms with Crippen molar-refractivity contribution in [2.24, 2.45) is 11.8 Å². The molecule has 4 heterocycles. The predicted molar refractivity (Wildman–Crippen MR) is 94.9 cm³/mol. The Morgan fingerprint density at radius 2 is 2.19 bits per heavy atom. The topological polar surface area (TPSA) is 76.8 Å². The summed E-state index contributed by atoms with van der Waals surface area (Å²) in [5.41, 5.74) is 0.800. The van der Waals surface area contributed by atoms with Gasteiger partial charge in [0, 0.05) is 56.3 Å². The van der Waals surface area contributed by atoms with E-state index in [4.69, 9.17) is 9.47 Å². The molecule has 0 bridgehead atoms. The molecule has 0 aromatic carbocycles. The van der Waals surface area contributed by atoms with E-state index in [9.17, 15) is 9.90 Å². The first-order valence-corrected chi connectivity index (χ1v) is 9.77. The van der Waals surface area contributed by atoms with Crippen LogP contribution in [0.2, 0.25) is 0 Å². The van der Waals surface area contributed by atoms with Gasteiger partial charge in [0.25, 0.3) is 5.91 Å².